The van der Waals surface area contributed by atoms with Crippen LogP contribution < -0.4 is 4.90 Å². The quantitative estimate of drug-likeness (QED) is 0.791. The first-order valence-corrected chi connectivity index (χ1v) is 8.96. The Morgan fingerprint density at radius 3 is 2.75 bits per heavy atom. The van der Waals surface area contributed by atoms with E-state index in [1.54, 1.807) is 11.0 Å². The molecule has 0 amide bonds. The number of aryl methyl sites for hydroxylation is 1. The summed E-state index contributed by atoms with van der Waals surface area (Å²) in [7, 11) is -2.98. The molecule has 3 rings (SSSR count). The molecule has 2 aliphatic rings. The number of amidine groups is 1. The number of rotatable bonds is 1. The molecule has 8 heteroatoms. The van der Waals surface area contributed by atoms with E-state index in [1.807, 2.05) is 19.1 Å². The van der Waals surface area contributed by atoms with Crippen molar-refractivity contribution in [2.75, 3.05) is 16.4 Å². The van der Waals surface area contributed by atoms with Gasteiger partial charge in [0.15, 0.2) is 15.0 Å². The Kier molecular flexibility index (Phi) is 4.45. The first kappa shape index (κ1) is 16.1. The monoisotopic (exact) mass is 396 g/mol. The number of anilines is 1. The van der Waals surface area contributed by atoms with Crippen LogP contribution in [0.1, 0.15) is 5.56 Å². The summed E-state index contributed by atoms with van der Waals surface area (Å²) in [5.74, 6) is 0.291. The Bertz CT molecular complexity index is 665. The molecule has 20 heavy (non-hydrogen) atoms. The van der Waals surface area contributed by atoms with Crippen molar-refractivity contribution in [2.24, 2.45) is 0 Å². The Morgan fingerprint density at radius 2 is 2.10 bits per heavy atom. The van der Waals surface area contributed by atoms with Gasteiger partial charge in [-0.05, 0) is 24.6 Å². The van der Waals surface area contributed by atoms with E-state index >= 15 is 0 Å². The van der Waals surface area contributed by atoms with E-state index in [4.69, 9.17) is 17.0 Å². The van der Waals surface area contributed by atoms with Gasteiger partial charge in [-0.25, -0.2) is 8.42 Å². The Labute approximate surface area is 138 Å². The molecule has 2 aliphatic heterocycles. The van der Waals surface area contributed by atoms with Crippen LogP contribution in [0.3, 0.4) is 0 Å². The van der Waals surface area contributed by atoms with Crippen molar-refractivity contribution in [3.8, 4) is 0 Å². The van der Waals surface area contributed by atoms with E-state index in [0.717, 1.165) is 11.3 Å². The normalized spacial score (nSPS) is 27.3. The van der Waals surface area contributed by atoms with Crippen LogP contribution in [0.25, 0.3) is 0 Å². The summed E-state index contributed by atoms with van der Waals surface area (Å²) in [5.41, 5.74) is 1.78. The molecule has 1 N–H and O–H groups in total. The minimum absolute atomic E-state index is 0. The maximum absolute atomic E-state index is 11.7. The molecule has 4 nitrogen and oxygen atoms in total. The topological polar surface area (TPSA) is 61.2 Å². The van der Waals surface area contributed by atoms with Crippen LogP contribution in [0.5, 0.6) is 0 Å². The molecule has 2 atom stereocenters. The Morgan fingerprint density at radius 1 is 1.40 bits per heavy atom. The van der Waals surface area contributed by atoms with Crippen molar-refractivity contribution in [1.29, 1.82) is 5.41 Å². The lowest BCUT2D eigenvalue weighted by molar-refractivity contribution is 0.601. The van der Waals surface area contributed by atoms with Crippen LogP contribution in [0.4, 0.5) is 5.69 Å². The first-order valence-electron chi connectivity index (χ1n) is 5.88. The Hall–Kier alpha value is -0.240. The van der Waals surface area contributed by atoms with Gasteiger partial charge in [-0.15, -0.1) is 17.0 Å². The largest absolute Gasteiger partial charge is 0.316 e. The average molecular weight is 398 g/mol. The first-order chi connectivity index (χ1) is 8.87. The van der Waals surface area contributed by atoms with E-state index in [2.05, 4.69) is 0 Å². The van der Waals surface area contributed by atoms with Crippen molar-refractivity contribution in [3.05, 3.63) is 28.8 Å². The second-order valence-corrected chi connectivity index (χ2v) is 8.70. The molecule has 2 heterocycles. The molecular weight excluding hydrogens is 384 g/mol. The van der Waals surface area contributed by atoms with Gasteiger partial charge in [0.05, 0.1) is 17.5 Å². The van der Waals surface area contributed by atoms with Gasteiger partial charge >= 0.3 is 0 Å². The highest BCUT2D eigenvalue weighted by atomic mass is 79.9. The molecule has 0 aliphatic carbocycles. The highest BCUT2D eigenvalue weighted by Crippen LogP contribution is 2.40. The predicted molar refractivity (Wildman–Crippen MR) is 90.5 cm³/mol. The maximum atomic E-state index is 11.7. The van der Waals surface area contributed by atoms with Crippen LogP contribution in [-0.4, -0.2) is 36.4 Å². The van der Waals surface area contributed by atoms with Crippen LogP contribution in [-0.2, 0) is 9.84 Å². The summed E-state index contributed by atoms with van der Waals surface area (Å²) in [5, 5.41) is 9.06. The van der Waals surface area contributed by atoms with E-state index in [-0.39, 0.29) is 39.8 Å². The lowest BCUT2D eigenvalue weighted by atomic mass is 10.1. The minimum atomic E-state index is -2.98. The van der Waals surface area contributed by atoms with Crippen LogP contribution >= 0.6 is 40.3 Å². The predicted octanol–water partition coefficient (Wildman–Crippen LogP) is 2.88. The number of halogens is 2. The second-order valence-electron chi connectivity index (χ2n) is 4.91. The second kappa shape index (κ2) is 5.51. The standard InChI is InChI=1S/C12H13ClN2O2S2.BrH/c1-7-2-3-8(4-9(7)13)15-10-5-19(16,17)6-11(10)18-12(15)14;/h2-4,10-11,14H,5-6H2,1H3;1H/t10-,11+;/m1./s1. The molecule has 2 fully saturated rings. The highest BCUT2D eigenvalue weighted by Gasteiger charge is 2.48. The average Bonchev–Trinajstić information content (AvgIpc) is 2.73. The highest BCUT2D eigenvalue weighted by molar-refractivity contribution is 8.93. The molecular formula is C12H14BrClN2O2S2. The molecule has 2 saturated heterocycles. The van der Waals surface area contributed by atoms with Gasteiger partial charge in [0.2, 0.25) is 0 Å². The van der Waals surface area contributed by atoms with Crippen molar-refractivity contribution in [2.45, 2.75) is 18.2 Å². The number of nitrogens with zero attached hydrogens (tertiary/aromatic N) is 1. The molecule has 0 spiro atoms. The van der Waals surface area contributed by atoms with Gasteiger partial charge < -0.3 is 4.90 Å². The van der Waals surface area contributed by atoms with Gasteiger partial charge in [-0.1, -0.05) is 29.4 Å². The van der Waals surface area contributed by atoms with Gasteiger partial charge in [0.25, 0.3) is 0 Å². The zero-order chi connectivity index (χ0) is 13.8. The molecule has 0 radical (unpaired) electrons. The third kappa shape index (κ3) is 2.73. The van der Waals surface area contributed by atoms with Gasteiger partial charge in [0.1, 0.15) is 0 Å². The number of sulfone groups is 1. The van der Waals surface area contributed by atoms with Crippen LogP contribution in [0.2, 0.25) is 5.02 Å². The van der Waals surface area contributed by atoms with Gasteiger partial charge in [-0.3, -0.25) is 5.41 Å². The zero-order valence-corrected chi connectivity index (χ0v) is 14.8. The fourth-order valence-electron chi connectivity index (χ4n) is 2.54. The maximum Gasteiger partial charge on any atom is 0.161 e. The molecule has 110 valence electrons. The molecule has 1 aromatic carbocycles. The number of benzene rings is 1. The van der Waals surface area contributed by atoms with E-state index in [1.165, 1.54) is 11.8 Å². The summed E-state index contributed by atoms with van der Waals surface area (Å²) >= 11 is 7.46. The van der Waals surface area contributed by atoms with Crippen LogP contribution in [0, 0.1) is 12.3 Å². The van der Waals surface area contributed by atoms with Crippen LogP contribution in [0.15, 0.2) is 18.2 Å². The van der Waals surface area contributed by atoms with Crippen molar-refractivity contribution in [1.82, 2.24) is 0 Å². The summed E-state index contributed by atoms with van der Waals surface area (Å²) in [4.78, 5) is 1.80. The molecule has 0 bridgehead atoms. The minimum Gasteiger partial charge on any atom is -0.316 e. The lowest BCUT2D eigenvalue weighted by Crippen LogP contribution is -2.37. The Balaban J connectivity index is 0.00000147. The summed E-state index contributed by atoms with van der Waals surface area (Å²) in [6.07, 6.45) is 0. The van der Waals surface area contributed by atoms with Crippen molar-refractivity contribution < 1.29 is 8.42 Å². The lowest BCUT2D eigenvalue weighted by Gasteiger charge is -2.24. The fraction of sp³-hybridized carbons (Fsp3) is 0.417. The SMILES string of the molecule is Br.Cc1ccc(N2C(=N)S[C@H]3CS(=O)(=O)C[C@H]32)cc1Cl. The summed E-state index contributed by atoms with van der Waals surface area (Å²) in [6.45, 7) is 1.92. The molecule has 1 aromatic rings. The van der Waals surface area contributed by atoms with Crippen molar-refractivity contribution in [3.63, 3.8) is 0 Å². The smallest absolute Gasteiger partial charge is 0.161 e. The number of nitrogens with one attached hydrogen (secondary N) is 1. The summed E-state index contributed by atoms with van der Waals surface area (Å²) < 4.78 is 23.4. The third-order valence-corrected chi connectivity index (χ3v) is 7.06. The molecule has 0 aromatic heterocycles. The number of fused-ring (bicyclic) bond motifs is 1. The van der Waals surface area contributed by atoms with E-state index < -0.39 is 9.84 Å². The van der Waals surface area contributed by atoms with Gasteiger partial charge in [0, 0.05) is 16.0 Å². The third-order valence-electron chi connectivity index (χ3n) is 3.52. The zero-order valence-electron chi connectivity index (χ0n) is 10.7. The number of thioether (sulfide) groups is 1. The van der Waals surface area contributed by atoms with Gasteiger partial charge in [-0.2, -0.15) is 0 Å². The number of hydrogen-bond donors (Lipinski definition) is 1. The molecule has 0 unspecified atom stereocenters. The number of hydrogen-bond acceptors (Lipinski definition) is 4. The van der Waals surface area contributed by atoms with E-state index in [0.29, 0.717) is 10.2 Å². The summed E-state index contributed by atoms with van der Waals surface area (Å²) in [6, 6.07) is 5.45. The molecule has 0 saturated carbocycles. The van der Waals surface area contributed by atoms with E-state index in [9.17, 15) is 8.42 Å². The fourth-order valence-corrected chi connectivity index (χ4v) is 6.51. The van der Waals surface area contributed by atoms with Crippen molar-refractivity contribution >= 4 is 61.0 Å².